The van der Waals surface area contributed by atoms with Crippen LogP contribution in [-0.2, 0) is 6.42 Å². The molecule has 2 aliphatic rings. The molecule has 1 N–H and O–H groups in total. The van der Waals surface area contributed by atoms with Crippen molar-refractivity contribution in [1.29, 1.82) is 0 Å². The van der Waals surface area contributed by atoms with Crippen molar-refractivity contribution in [2.24, 2.45) is 11.8 Å². The summed E-state index contributed by atoms with van der Waals surface area (Å²) in [4.78, 5) is 6.73. The minimum atomic E-state index is -0.337. The largest absolute Gasteiger partial charge is 0.506 e. The number of hydrogen-bond donors (Lipinski definition) is 1. The number of pyridine rings is 1. The fourth-order valence-corrected chi connectivity index (χ4v) is 4.34. The van der Waals surface area contributed by atoms with Gasteiger partial charge in [-0.15, -0.1) is 0 Å². The zero-order chi connectivity index (χ0) is 18.8. The predicted molar refractivity (Wildman–Crippen MR) is 99.6 cm³/mol. The number of methoxy groups -OCH3 is 1. The maximum Gasteiger partial charge on any atom is 0.165 e. The third kappa shape index (κ3) is 4.16. The summed E-state index contributed by atoms with van der Waals surface area (Å²) in [5.74, 6) is 1.98. The van der Waals surface area contributed by atoms with Crippen LogP contribution in [0.4, 0.5) is 4.39 Å². The Morgan fingerprint density at radius 3 is 2.63 bits per heavy atom. The standard InChI is InChI=1S/C21H25FN2O3/c1-26-18-4-5-20(22)21(10-18)27-19-8-14-12-24(13-15(14)9-19)7-6-16-2-3-17(25)11-23-16/h2-5,10-11,14-15,19,25H,6-9,12-13H2,1H3/t14-,15+,19+. The first-order valence-electron chi connectivity index (χ1n) is 9.47. The molecule has 2 aromatic rings. The lowest BCUT2D eigenvalue weighted by atomic mass is 10.0. The lowest BCUT2D eigenvalue weighted by molar-refractivity contribution is 0.178. The Morgan fingerprint density at radius 2 is 1.96 bits per heavy atom. The maximum atomic E-state index is 14.0. The zero-order valence-electron chi connectivity index (χ0n) is 15.5. The van der Waals surface area contributed by atoms with Crippen molar-refractivity contribution >= 4 is 0 Å². The van der Waals surface area contributed by atoms with Gasteiger partial charge >= 0.3 is 0 Å². The quantitative estimate of drug-likeness (QED) is 0.843. The van der Waals surface area contributed by atoms with Gasteiger partial charge in [0.05, 0.1) is 19.4 Å². The minimum absolute atomic E-state index is 0.0718. The third-order valence-corrected chi connectivity index (χ3v) is 5.71. The van der Waals surface area contributed by atoms with Crippen LogP contribution in [0.3, 0.4) is 0 Å². The summed E-state index contributed by atoms with van der Waals surface area (Å²) < 4.78 is 25.1. The van der Waals surface area contributed by atoms with E-state index in [1.807, 2.05) is 6.07 Å². The second kappa shape index (κ2) is 7.72. The van der Waals surface area contributed by atoms with Crippen LogP contribution >= 0.6 is 0 Å². The number of aromatic nitrogens is 1. The summed E-state index contributed by atoms with van der Waals surface area (Å²) in [6.07, 6.45) is 4.38. The van der Waals surface area contributed by atoms with Crippen LogP contribution in [0.15, 0.2) is 36.5 Å². The highest BCUT2D eigenvalue weighted by atomic mass is 19.1. The highest BCUT2D eigenvalue weighted by Gasteiger charge is 2.41. The average Bonchev–Trinajstić information content (AvgIpc) is 3.21. The van der Waals surface area contributed by atoms with Crippen LogP contribution in [0.5, 0.6) is 17.2 Å². The highest BCUT2D eigenvalue weighted by molar-refractivity contribution is 5.34. The predicted octanol–water partition coefficient (Wildman–Crippen LogP) is 3.27. The van der Waals surface area contributed by atoms with E-state index in [1.54, 1.807) is 25.3 Å². The second-order valence-corrected chi connectivity index (χ2v) is 7.55. The molecule has 2 heterocycles. The number of halogens is 1. The lowest BCUT2D eigenvalue weighted by Gasteiger charge is -2.20. The van der Waals surface area contributed by atoms with Gasteiger partial charge in [0, 0.05) is 37.8 Å². The molecule has 1 saturated carbocycles. The van der Waals surface area contributed by atoms with E-state index < -0.39 is 0 Å². The molecule has 1 aromatic heterocycles. The van der Waals surface area contributed by atoms with Gasteiger partial charge in [0.1, 0.15) is 11.5 Å². The molecule has 6 heteroatoms. The molecule has 0 spiro atoms. The Morgan fingerprint density at radius 1 is 1.19 bits per heavy atom. The third-order valence-electron chi connectivity index (χ3n) is 5.71. The van der Waals surface area contributed by atoms with E-state index >= 15 is 0 Å². The van der Waals surface area contributed by atoms with Crippen molar-refractivity contribution in [3.8, 4) is 17.2 Å². The Kier molecular flexibility index (Phi) is 5.16. The minimum Gasteiger partial charge on any atom is -0.506 e. The summed E-state index contributed by atoms with van der Waals surface area (Å²) in [6, 6.07) is 8.18. The van der Waals surface area contributed by atoms with Crippen LogP contribution in [0.2, 0.25) is 0 Å². The molecule has 2 fully saturated rings. The molecule has 1 aromatic carbocycles. The SMILES string of the molecule is COc1ccc(F)c(O[C@H]2C[C@@H]3CN(CCc4ccc(O)cn4)C[C@@H]3C2)c1. The normalized spacial score (nSPS) is 24.7. The highest BCUT2D eigenvalue weighted by Crippen LogP contribution is 2.40. The van der Waals surface area contributed by atoms with Crippen molar-refractivity contribution in [2.45, 2.75) is 25.4 Å². The smallest absolute Gasteiger partial charge is 0.165 e. The molecule has 0 bridgehead atoms. The van der Waals surface area contributed by atoms with E-state index in [0.717, 1.165) is 44.6 Å². The fraction of sp³-hybridized carbons (Fsp3) is 0.476. The van der Waals surface area contributed by atoms with Crippen molar-refractivity contribution in [2.75, 3.05) is 26.7 Å². The first-order chi connectivity index (χ1) is 13.1. The summed E-state index contributed by atoms with van der Waals surface area (Å²) in [7, 11) is 1.57. The van der Waals surface area contributed by atoms with Crippen LogP contribution in [0.1, 0.15) is 18.5 Å². The molecule has 0 amide bonds. The Balaban J connectivity index is 1.27. The molecule has 1 aliphatic carbocycles. The summed E-state index contributed by atoms with van der Waals surface area (Å²) in [5.41, 5.74) is 1.000. The number of ether oxygens (including phenoxy) is 2. The van der Waals surface area contributed by atoms with Gasteiger partial charge in [-0.2, -0.15) is 0 Å². The molecule has 27 heavy (non-hydrogen) atoms. The van der Waals surface area contributed by atoms with Crippen molar-refractivity contribution in [1.82, 2.24) is 9.88 Å². The van der Waals surface area contributed by atoms with Crippen molar-refractivity contribution < 1.29 is 19.0 Å². The van der Waals surface area contributed by atoms with Gasteiger partial charge in [0.25, 0.3) is 0 Å². The van der Waals surface area contributed by atoms with Gasteiger partial charge in [-0.1, -0.05) is 0 Å². The first kappa shape index (κ1) is 18.0. The molecule has 144 valence electrons. The number of nitrogens with zero attached hydrogens (tertiary/aromatic N) is 2. The topological polar surface area (TPSA) is 54.8 Å². The number of rotatable bonds is 6. The van der Waals surface area contributed by atoms with Crippen molar-refractivity contribution in [3.63, 3.8) is 0 Å². The first-order valence-corrected chi connectivity index (χ1v) is 9.47. The summed E-state index contributed by atoms with van der Waals surface area (Å²) in [5, 5.41) is 9.31. The fourth-order valence-electron chi connectivity index (χ4n) is 4.34. The monoisotopic (exact) mass is 372 g/mol. The van der Waals surface area contributed by atoms with Gasteiger partial charge in [-0.25, -0.2) is 4.39 Å². The van der Waals surface area contributed by atoms with E-state index in [4.69, 9.17) is 9.47 Å². The number of hydrogen-bond acceptors (Lipinski definition) is 5. The summed E-state index contributed by atoms with van der Waals surface area (Å²) in [6.45, 7) is 3.09. The molecule has 0 radical (unpaired) electrons. The molecule has 3 atom stereocenters. The van der Waals surface area contributed by atoms with E-state index in [9.17, 15) is 9.50 Å². The number of benzene rings is 1. The number of aromatic hydroxyl groups is 1. The van der Waals surface area contributed by atoms with Gasteiger partial charge in [0.2, 0.25) is 0 Å². The van der Waals surface area contributed by atoms with Crippen LogP contribution in [0, 0.1) is 17.7 Å². The van der Waals surface area contributed by atoms with Crippen LogP contribution in [-0.4, -0.2) is 47.8 Å². The zero-order valence-corrected chi connectivity index (χ0v) is 15.5. The van der Waals surface area contributed by atoms with Crippen molar-refractivity contribution in [3.05, 3.63) is 48.0 Å². The lowest BCUT2D eigenvalue weighted by Crippen LogP contribution is -2.26. The second-order valence-electron chi connectivity index (χ2n) is 7.55. The van der Waals surface area contributed by atoms with Crippen LogP contribution in [0.25, 0.3) is 0 Å². The summed E-state index contributed by atoms with van der Waals surface area (Å²) >= 11 is 0. The molecular formula is C21H25FN2O3. The molecule has 4 rings (SSSR count). The van der Waals surface area contributed by atoms with E-state index in [2.05, 4.69) is 9.88 Å². The van der Waals surface area contributed by atoms with Gasteiger partial charge in [-0.05, 0) is 48.9 Å². The molecule has 0 unspecified atom stereocenters. The Labute approximate surface area is 158 Å². The van der Waals surface area contributed by atoms with E-state index in [-0.39, 0.29) is 23.4 Å². The molecule has 1 aliphatic heterocycles. The Bertz CT molecular complexity index is 769. The average molecular weight is 372 g/mol. The number of fused-ring (bicyclic) bond motifs is 1. The molecular weight excluding hydrogens is 347 g/mol. The van der Waals surface area contributed by atoms with E-state index in [1.165, 1.54) is 12.3 Å². The Hall–Kier alpha value is -2.34. The molecule has 1 saturated heterocycles. The molecule has 5 nitrogen and oxygen atoms in total. The van der Waals surface area contributed by atoms with Gasteiger partial charge in [-0.3, -0.25) is 4.98 Å². The van der Waals surface area contributed by atoms with Crippen LogP contribution < -0.4 is 9.47 Å². The van der Waals surface area contributed by atoms with Gasteiger partial charge in [0.15, 0.2) is 11.6 Å². The van der Waals surface area contributed by atoms with Gasteiger partial charge < -0.3 is 19.5 Å². The van der Waals surface area contributed by atoms with E-state index in [0.29, 0.717) is 17.6 Å². The number of likely N-dealkylation sites (tertiary alicyclic amines) is 1. The maximum absolute atomic E-state index is 14.0.